The molecule has 7 nitrogen and oxygen atoms in total. The molecule has 0 saturated heterocycles. The summed E-state index contributed by atoms with van der Waals surface area (Å²) in [5, 5.41) is 9.49. The summed E-state index contributed by atoms with van der Waals surface area (Å²) in [4.78, 5) is 11.7. The molecular formula is C19H44O7Si4. The number of hydrogen-bond donors (Lipinski definition) is 1. The fourth-order valence-electron chi connectivity index (χ4n) is 2.65. The Kier molecular flexibility index (Phi) is 12.2. The molecule has 0 aromatic heterocycles. The first-order chi connectivity index (χ1) is 13.4. The van der Waals surface area contributed by atoms with Gasteiger partial charge >= 0.3 is 14.8 Å². The number of carbonyl (C=O) groups excluding carboxylic acids is 1. The number of aliphatic hydroxyl groups is 1. The van der Waals surface area contributed by atoms with Crippen LogP contribution in [0.2, 0.25) is 58.4 Å². The van der Waals surface area contributed by atoms with Crippen molar-refractivity contribution < 1.29 is 31.7 Å². The zero-order chi connectivity index (χ0) is 23.8. The summed E-state index contributed by atoms with van der Waals surface area (Å²) >= 11 is 0. The van der Waals surface area contributed by atoms with E-state index in [1.54, 1.807) is 13.8 Å². The second-order valence-corrected chi connectivity index (χ2v) is 26.9. The van der Waals surface area contributed by atoms with E-state index in [4.69, 9.17) is 21.8 Å². The Balaban J connectivity index is 5.53. The molecule has 0 amide bonds. The second-order valence-electron chi connectivity index (χ2n) is 10.4. The highest BCUT2D eigenvalue weighted by Gasteiger charge is 2.50. The molecule has 0 aromatic carbocycles. The molecule has 0 saturated carbocycles. The van der Waals surface area contributed by atoms with Crippen LogP contribution in [0.25, 0.3) is 0 Å². The minimum atomic E-state index is -3.05. The molecule has 0 heterocycles. The lowest BCUT2D eigenvalue weighted by Gasteiger charge is -2.43. The fraction of sp³-hybridized carbons (Fsp3) is 0.842. The van der Waals surface area contributed by atoms with E-state index in [0.29, 0.717) is 24.3 Å². The van der Waals surface area contributed by atoms with Gasteiger partial charge < -0.3 is 26.9 Å². The van der Waals surface area contributed by atoms with Crippen molar-refractivity contribution in [3.8, 4) is 0 Å². The predicted octanol–water partition coefficient (Wildman–Crippen LogP) is 4.30. The third-order valence-corrected chi connectivity index (χ3v) is 16.1. The van der Waals surface area contributed by atoms with Gasteiger partial charge in [-0.15, -0.1) is 0 Å². The lowest BCUT2D eigenvalue weighted by Crippen LogP contribution is -2.62. The Bertz CT molecular complexity index is 538. The number of esters is 1. The van der Waals surface area contributed by atoms with E-state index >= 15 is 0 Å². The molecule has 11 heteroatoms. The molecule has 0 aromatic rings. The number of aliphatic hydroxyl groups excluding tert-OH is 1. The molecule has 0 bridgehead atoms. The number of hydrogen-bond acceptors (Lipinski definition) is 7. The Morgan fingerprint density at radius 3 is 1.87 bits per heavy atom. The van der Waals surface area contributed by atoms with Gasteiger partial charge in [-0.2, -0.15) is 0 Å². The molecule has 30 heavy (non-hydrogen) atoms. The van der Waals surface area contributed by atoms with Crippen LogP contribution in [0.4, 0.5) is 0 Å². The minimum Gasteiger partial charge on any atom is -0.462 e. The molecule has 0 fully saturated rings. The van der Waals surface area contributed by atoms with Crippen molar-refractivity contribution in [3.05, 3.63) is 12.2 Å². The Labute approximate surface area is 187 Å². The van der Waals surface area contributed by atoms with Crippen molar-refractivity contribution in [2.45, 2.75) is 84.8 Å². The zero-order valence-corrected chi connectivity index (χ0v) is 24.7. The quantitative estimate of drug-likeness (QED) is 0.157. The molecule has 0 radical (unpaired) electrons. The van der Waals surface area contributed by atoms with Crippen LogP contribution >= 0.6 is 0 Å². The van der Waals surface area contributed by atoms with Crippen LogP contribution in [-0.4, -0.2) is 70.4 Å². The van der Waals surface area contributed by atoms with Crippen molar-refractivity contribution in [2.24, 2.45) is 0 Å². The van der Waals surface area contributed by atoms with Crippen LogP contribution in [0, 0.1) is 0 Å². The number of ether oxygens (including phenoxy) is 2. The van der Waals surface area contributed by atoms with Gasteiger partial charge in [-0.05, 0) is 72.6 Å². The topological polar surface area (TPSA) is 83.5 Å². The highest BCUT2D eigenvalue weighted by Crippen LogP contribution is 2.30. The standard InChI is InChI=1S/C19H44O7Si4/c1-17(2)19(21)23-13-12-14-30(24-27(4,5)6,25-28(7,8)9)26-29(10,11)16-22-15-18(3)20/h18,20H,1,12-16H2,2-11H3. The van der Waals surface area contributed by atoms with Crippen LogP contribution in [0.3, 0.4) is 0 Å². The van der Waals surface area contributed by atoms with Crippen molar-refractivity contribution in [1.29, 1.82) is 0 Å². The average molecular weight is 497 g/mol. The van der Waals surface area contributed by atoms with Gasteiger partial charge in [-0.1, -0.05) is 6.58 Å². The van der Waals surface area contributed by atoms with E-state index in [-0.39, 0.29) is 19.2 Å². The zero-order valence-electron chi connectivity index (χ0n) is 20.7. The third kappa shape index (κ3) is 14.8. The monoisotopic (exact) mass is 496 g/mol. The van der Waals surface area contributed by atoms with Crippen LogP contribution < -0.4 is 0 Å². The van der Waals surface area contributed by atoms with Crippen LogP contribution in [-0.2, 0) is 26.6 Å². The smallest absolute Gasteiger partial charge is 0.462 e. The first kappa shape index (κ1) is 29.9. The lowest BCUT2D eigenvalue weighted by molar-refractivity contribution is -0.139. The first-order valence-electron chi connectivity index (χ1n) is 10.6. The van der Waals surface area contributed by atoms with Crippen molar-refractivity contribution in [2.75, 3.05) is 19.4 Å². The van der Waals surface area contributed by atoms with Gasteiger partial charge in [0.05, 0.1) is 25.5 Å². The van der Waals surface area contributed by atoms with E-state index in [0.717, 1.165) is 0 Å². The molecule has 1 N–H and O–H groups in total. The van der Waals surface area contributed by atoms with E-state index in [9.17, 15) is 9.90 Å². The van der Waals surface area contributed by atoms with Gasteiger partial charge in [0, 0.05) is 11.6 Å². The maximum atomic E-state index is 11.7. The van der Waals surface area contributed by atoms with Crippen LogP contribution in [0.15, 0.2) is 12.2 Å². The van der Waals surface area contributed by atoms with Crippen molar-refractivity contribution in [3.63, 3.8) is 0 Å². The van der Waals surface area contributed by atoms with E-state index in [1.165, 1.54) is 0 Å². The Morgan fingerprint density at radius 2 is 1.47 bits per heavy atom. The lowest BCUT2D eigenvalue weighted by atomic mass is 10.4. The van der Waals surface area contributed by atoms with Crippen molar-refractivity contribution >= 4 is 39.7 Å². The average Bonchev–Trinajstić information content (AvgIpc) is 2.46. The fourth-order valence-corrected chi connectivity index (χ4v) is 17.8. The van der Waals surface area contributed by atoms with E-state index < -0.39 is 39.9 Å². The molecule has 1 atom stereocenters. The molecule has 0 aliphatic carbocycles. The first-order valence-corrected chi connectivity index (χ1v) is 22.4. The summed E-state index contributed by atoms with van der Waals surface area (Å²) in [6.45, 7) is 24.4. The van der Waals surface area contributed by atoms with Crippen molar-refractivity contribution in [1.82, 2.24) is 0 Å². The molecule has 178 valence electrons. The Morgan fingerprint density at radius 1 is 0.967 bits per heavy atom. The molecular weight excluding hydrogens is 453 g/mol. The summed E-state index contributed by atoms with van der Waals surface area (Å²) in [6.07, 6.45) is 0.525. The molecule has 0 rings (SSSR count). The van der Waals surface area contributed by atoms with Crippen LogP contribution in [0.1, 0.15) is 20.3 Å². The largest absolute Gasteiger partial charge is 0.469 e. The molecule has 0 spiro atoms. The highest BCUT2D eigenvalue weighted by atomic mass is 28.5. The predicted molar refractivity (Wildman–Crippen MR) is 131 cm³/mol. The second kappa shape index (κ2) is 12.2. The SMILES string of the molecule is C=C(C)C(=O)OCCC[Si](O[Si](C)(C)C)(O[Si](C)(C)C)O[Si](C)(C)COCC(C)O. The van der Waals surface area contributed by atoms with Gasteiger partial charge in [0.15, 0.2) is 16.6 Å². The Hall–Kier alpha value is -0.122. The summed E-state index contributed by atoms with van der Waals surface area (Å²) in [6, 6.07) is 0.581. The normalized spacial score (nSPS) is 14.5. The van der Waals surface area contributed by atoms with E-state index in [1.807, 2.05) is 0 Å². The number of rotatable bonds is 15. The highest BCUT2D eigenvalue weighted by molar-refractivity contribution is 6.90. The maximum Gasteiger partial charge on any atom is 0.469 e. The molecule has 0 aliphatic rings. The minimum absolute atomic E-state index is 0.272. The maximum absolute atomic E-state index is 11.7. The molecule has 1 unspecified atom stereocenters. The summed E-state index contributed by atoms with van der Waals surface area (Å²) < 4.78 is 31.0. The summed E-state index contributed by atoms with van der Waals surface area (Å²) in [7, 11) is -9.33. The van der Waals surface area contributed by atoms with Gasteiger partial charge in [-0.25, -0.2) is 4.79 Å². The molecule has 0 aliphatic heterocycles. The van der Waals surface area contributed by atoms with Crippen LogP contribution in [0.5, 0.6) is 0 Å². The van der Waals surface area contributed by atoms with Gasteiger partial charge in [0.1, 0.15) is 0 Å². The van der Waals surface area contributed by atoms with Gasteiger partial charge in [0.2, 0.25) is 8.32 Å². The summed E-state index contributed by atoms with van der Waals surface area (Å²) in [5.74, 6) is -0.387. The van der Waals surface area contributed by atoms with Gasteiger partial charge in [0.25, 0.3) is 0 Å². The number of carbonyl (C=O) groups is 1. The van der Waals surface area contributed by atoms with E-state index in [2.05, 4.69) is 59.0 Å². The summed E-state index contributed by atoms with van der Waals surface area (Å²) in [5.41, 5.74) is 0.384. The van der Waals surface area contributed by atoms with Gasteiger partial charge in [-0.3, -0.25) is 0 Å². The third-order valence-electron chi connectivity index (χ3n) is 3.37.